The summed E-state index contributed by atoms with van der Waals surface area (Å²) in [5.74, 6) is 0.266. The standard InChI is InChI=1S/C11H24N2O3/c1-8(2)10(12)5-11(14)13-6-9(16-4)7-15-3/h8-10H,5-7,12H2,1-4H3,(H,13,14). The zero-order valence-corrected chi connectivity index (χ0v) is 10.7. The smallest absolute Gasteiger partial charge is 0.221 e. The summed E-state index contributed by atoms with van der Waals surface area (Å²) >= 11 is 0. The molecule has 96 valence electrons. The fourth-order valence-electron chi connectivity index (χ4n) is 1.15. The topological polar surface area (TPSA) is 73.6 Å². The molecule has 1 amide bonds. The average molecular weight is 232 g/mol. The Morgan fingerprint density at radius 3 is 2.44 bits per heavy atom. The number of rotatable bonds is 8. The lowest BCUT2D eigenvalue weighted by atomic mass is 10.0. The number of amides is 1. The Bertz CT molecular complexity index is 198. The van der Waals surface area contributed by atoms with Crippen molar-refractivity contribution in [2.75, 3.05) is 27.4 Å². The van der Waals surface area contributed by atoms with Gasteiger partial charge in [-0.05, 0) is 5.92 Å². The minimum absolute atomic E-state index is 0.0423. The van der Waals surface area contributed by atoms with Crippen molar-refractivity contribution in [1.82, 2.24) is 5.32 Å². The highest BCUT2D eigenvalue weighted by Crippen LogP contribution is 2.02. The van der Waals surface area contributed by atoms with Gasteiger partial charge in [0.2, 0.25) is 5.91 Å². The molecule has 0 aliphatic heterocycles. The van der Waals surface area contributed by atoms with Gasteiger partial charge in [0.1, 0.15) is 0 Å². The first kappa shape index (κ1) is 15.3. The second-order valence-electron chi connectivity index (χ2n) is 4.23. The zero-order chi connectivity index (χ0) is 12.6. The Balaban J connectivity index is 3.79. The molecule has 0 heterocycles. The molecule has 0 aliphatic rings. The van der Waals surface area contributed by atoms with Crippen LogP contribution < -0.4 is 11.1 Å². The van der Waals surface area contributed by atoms with Crippen LogP contribution in [0.4, 0.5) is 0 Å². The first-order valence-electron chi connectivity index (χ1n) is 5.55. The van der Waals surface area contributed by atoms with E-state index in [9.17, 15) is 4.79 Å². The van der Waals surface area contributed by atoms with E-state index in [2.05, 4.69) is 5.32 Å². The molecule has 16 heavy (non-hydrogen) atoms. The van der Waals surface area contributed by atoms with E-state index in [4.69, 9.17) is 15.2 Å². The van der Waals surface area contributed by atoms with Gasteiger partial charge >= 0.3 is 0 Å². The van der Waals surface area contributed by atoms with Crippen LogP contribution in [0.2, 0.25) is 0 Å². The molecule has 3 N–H and O–H groups in total. The van der Waals surface area contributed by atoms with Crippen LogP contribution in [-0.4, -0.2) is 45.4 Å². The molecule has 2 unspecified atom stereocenters. The normalized spacial score (nSPS) is 14.9. The van der Waals surface area contributed by atoms with Crippen molar-refractivity contribution < 1.29 is 14.3 Å². The number of methoxy groups -OCH3 is 2. The molecule has 0 aromatic rings. The van der Waals surface area contributed by atoms with Gasteiger partial charge in [-0.2, -0.15) is 0 Å². The van der Waals surface area contributed by atoms with E-state index in [1.807, 2.05) is 13.8 Å². The molecule has 0 aliphatic carbocycles. The molecule has 0 bridgehead atoms. The predicted molar refractivity (Wildman–Crippen MR) is 63.1 cm³/mol. The molecule has 0 rings (SSSR count). The Labute approximate surface area is 97.7 Å². The fraction of sp³-hybridized carbons (Fsp3) is 0.909. The summed E-state index contributed by atoms with van der Waals surface area (Å²) in [6, 6.07) is -0.0941. The summed E-state index contributed by atoms with van der Waals surface area (Å²) in [5.41, 5.74) is 5.80. The van der Waals surface area contributed by atoms with Crippen LogP contribution in [0.3, 0.4) is 0 Å². The maximum absolute atomic E-state index is 11.5. The van der Waals surface area contributed by atoms with Gasteiger partial charge in [-0.15, -0.1) is 0 Å². The van der Waals surface area contributed by atoms with Crippen LogP contribution in [0.5, 0.6) is 0 Å². The molecule has 0 spiro atoms. The summed E-state index contributed by atoms with van der Waals surface area (Å²) < 4.78 is 10.1. The van der Waals surface area contributed by atoms with E-state index in [1.165, 1.54) is 0 Å². The summed E-state index contributed by atoms with van der Waals surface area (Å²) in [7, 11) is 3.19. The molecule has 5 nitrogen and oxygen atoms in total. The molecule has 0 radical (unpaired) electrons. The highest BCUT2D eigenvalue weighted by atomic mass is 16.5. The monoisotopic (exact) mass is 232 g/mol. The number of carbonyl (C=O) groups is 1. The molecule has 0 saturated heterocycles. The van der Waals surface area contributed by atoms with E-state index in [0.29, 0.717) is 25.5 Å². The maximum atomic E-state index is 11.5. The number of hydrogen-bond acceptors (Lipinski definition) is 4. The minimum atomic E-state index is -0.107. The van der Waals surface area contributed by atoms with Crippen molar-refractivity contribution >= 4 is 5.91 Å². The third-order valence-electron chi connectivity index (χ3n) is 2.49. The van der Waals surface area contributed by atoms with Gasteiger partial charge in [-0.25, -0.2) is 0 Å². The van der Waals surface area contributed by atoms with E-state index in [0.717, 1.165) is 0 Å². The van der Waals surface area contributed by atoms with Gasteiger partial charge in [-0.3, -0.25) is 4.79 Å². The number of carbonyl (C=O) groups excluding carboxylic acids is 1. The first-order valence-corrected chi connectivity index (χ1v) is 5.55. The van der Waals surface area contributed by atoms with Crippen LogP contribution >= 0.6 is 0 Å². The van der Waals surface area contributed by atoms with Crippen LogP contribution in [0.15, 0.2) is 0 Å². The van der Waals surface area contributed by atoms with Crippen LogP contribution in [-0.2, 0) is 14.3 Å². The Kier molecular flexibility index (Phi) is 8.15. The lowest BCUT2D eigenvalue weighted by Crippen LogP contribution is -2.39. The minimum Gasteiger partial charge on any atom is -0.382 e. The van der Waals surface area contributed by atoms with Gasteiger partial charge in [0.25, 0.3) is 0 Å². The molecule has 0 aromatic carbocycles. The van der Waals surface area contributed by atoms with E-state index in [-0.39, 0.29) is 18.1 Å². The van der Waals surface area contributed by atoms with Gasteiger partial charge in [-0.1, -0.05) is 13.8 Å². The van der Waals surface area contributed by atoms with Crippen molar-refractivity contribution in [1.29, 1.82) is 0 Å². The van der Waals surface area contributed by atoms with E-state index < -0.39 is 0 Å². The summed E-state index contributed by atoms with van der Waals surface area (Å²) in [6.07, 6.45) is 0.241. The molecular formula is C11H24N2O3. The quantitative estimate of drug-likeness (QED) is 0.624. The number of nitrogens with one attached hydrogen (secondary N) is 1. The van der Waals surface area contributed by atoms with Crippen molar-refractivity contribution in [3.63, 3.8) is 0 Å². The summed E-state index contributed by atoms with van der Waals surface area (Å²) in [5, 5.41) is 2.78. The maximum Gasteiger partial charge on any atom is 0.221 e. The average Bonchev–Trinajstić information content (AvgIpc) is 2.23. The highest BCUT2D eigenvalue weighted by molar-refractivity contribution is 5.76. The lowest BCUT2D eigenvalue weighted by molar-refractivity contribution is -0.122. The number of hydrogen-bond donors (Lipinski definition) is 2. The van der Waals surface area contributed by atoms with Crippen LogP contribution in [0.1, 0.15) is 20.3 Å². The predicted octanol–water partition coefficient (Wildman–Crippen LogP) is 0.137. The number of ether oxygens (including phenoxy) is 2. The van der Waals surface area contributed by atoms with E-state index >= 15 is 0 Å². The van der Waals surface area contributed by atoms with E-state index in [1.54, 1.807) is 14.2 Å². The van der Waals surface area contributed by atoms with Gasteiger partial charge in [0, 0.05) is 33.2 Å². The second kappa shape index (κ2) is 8.50. The van der Waals surface area contributed by atoms with Crippen LogP contribution in [0, 0.1) is 5.92 Å². The van der Waals surface area contributed by atoms with Crippen molar-refractivity contribution in [3.05, 3.63) is 0 Å². The van der Waals surface area contributed by atoms with Crippen molar-refractivity contribution in [2.24, 2.45) is 11.7 Å². The molecule has 0 fully saturated rings. The van der Waals surface area contributed by atoms with Crippen LogP contribution in [0.25, 0.3) is 0 Å². The first-order chi connectivity index (χ1) is 7.51. The van der Waals surface area contributed by atoms with Gasteiger partial charge in [0.05, 0.1) is 12.7 Å². The highest BCUT2D eigenvalue weighted by Gasteiger charge is 2.14. The molecule has 5 heteroatoms. The largest absolute Gasteiger partial charge is 0.382 e. The Morgan fingerprint density at radius 2 is 2.00 bits per heavy atom. The second-order valence-corrected chi connectivity index (χ2v) is 4.23. The van der Waals surface area contributed by atoms with Gasteiger partial charge in [0.15, 0.2) is 0 Å². The molecule has 0 saturated carbocycles. The Morgan fingerprint density at radius 1 is 1.38 bits per heavy atom. The zero-order valence-electron chi connectivity index (χ0n) is 10.7. The van der Waals surface area contributed by atoms with Gasteiger partial charge < -0.3 is 20.5 Å². The summed E-state index contributed by atoms with van der Waals surface area (Å²) in [4.78, 5) is 11.5. The summed E-state index contributed by atoms with van der Waals surface area (Å²) in [6.45, 7) is 4.92. The fourth-order valence-corrected chi connectivity index (χ4v) is 1.15. The third-order valence-corrected chi connectivity index (χ3v) is 2.49. The number of nitrogens with two attached hydrogens (primary N) is 1. The van der Waals surface area contributed by atoms with Crippen molar-refractivity contribution in [2.45, 2.75) is 32.4 Å². The lowest BCUT2D eigenvalue weighted by Gasteiger charge is -2.17. The molecular weight excluding hydrogens is 208 g/mol. The molecule has 2 atom stereocenters. The Hall–Kier alpha value is -0.650. The van der Waals surface area contributed by atoms with Crippen molar-refractivity contribution in [3.8, 4) is 0 Å². The SMILES string of the molecule is COCC(CNC(=O)CC(N)C(C)C)OC. The molecule has 0 aromatic heterocycles. The third kappa shape index (κ3) is 6.76.